The Labute approximate surface area is 188 Å². The first kappa shape index (κ1) is 21.0. The molecule has 1 heterocycles. The summed E-state index contributed by atoms with van der Waals surface area (Å²) in [6, 6.07) is 24.1. The molecule has 3 aromatic rings. The number of aliphatic hydroxyl groups is 1. The van der Waals surface area contributed by atoms with Crippen LogP contribution in [0.3, 0.4) is 0 Å². The molecular formula is C28H28FNO2. The number of hydrogen-bond donors (Lipinski definition) is 1. The van der Waals surface area contributed by atoms with Crippen LogP contribution in [0.4, 0.5) is 4.39 Å². The molecule has 0 radical (unpaired) electrons. The first-order valence-electron chi connectivity index (χ1n) is 11.4. The lowest BCUT2D eigenvalue weighted by Crippen LogP contribution is -2.34. The van der Waals surface area contributed by atoms with Gasteiger partial charge in [0.15, 0.2) is 5.78 Å². The van der Waals surface area contributed by atoms with Crippen LogP contribution in [0.2, 0.25) is 0 Å². The van der Waals surface area contributed by atoms with E-state index in [0.29, 0.717) is 30.4 Å². The van der Waals surface area contributed by atoms with Gasteiger partial charge in [0, 0.05) is 25.1 Å². The van der Waals surface area contributed by atoms with E-state index < -0.39 is 5.60 Å². The fourth-order valence-electron chi connectivity index (χ4n) is 5.62. The van der Waals surface area contributed by atoms with Crippen molar-refractivity contribution in [1.82, 2.24) is 4.90 Å². The molecule has 2 fully saturated rings. The van der Waals surface area contributed by atoms with Crippen LogP contribution < -0.4 is 0 Å². The lowest BCUT2D eigenvalue weighted by atomic mass is 9.91. The molecule has 2 aliphatic rings. The number of ketones is 1. The number of likely N-dealkylation sites (tertiary alicyclic amines) is 1. The Morgan fingerprint density at radius 3 is 2.25 bits per heavy atom. The van der Waals surface area contributed by atoms with Crippen molar-refractivity contribution in [3.05, 3.63) is 95.8 Å². The van der Waals surface area contributed by atoms with Crippen molar-refractivity contribution < 1.29 is 14.3 Å². The summed E-state index contributed by atoms with van der Waals surface area (Å²) < 4.78 is 13.5. The van der Waals surface area contributed by atoms with Crippen LogP contribution in [0.5, 0.6) is 0 Å². The predicted octanol–water partition coefficient (Wildman–Crippen LogP) is 4.99. The Morgan fingerprint density at radius 2 is 1.59 bits per heavy atom. The van der Waals surface area contributed by atoms with Gasteiger partial charge in [0.2, 0.25) is 0 Å². The molecule has 0 spiro atoms. The molecule has 3 aromatic carbocycles. The largest absolute Gasteiger partial charge is 0.390 e. The van der Waals surface area contributed by atoms with E-state index in [1.165, 1.54) is 17.7 Å². The fourth-order valence-corrected chi connectivity index (χ4v) is 5.62. The van der Waals surface area contributed by atoms with E-state index in [1.807, 2.05) is 48.5 Å². The minimum absolute atomic E-state index is 0.107. The molecule has 1 aliphatic heterocycles. The van der Waals surface area contributed by atoms with Gasteiger partial charge < -0.3 is 5.11 Å². The highest BCUT2D eigenvalue weighted by Crippen LogP contribution is 2.45. The topological polar surface area (TPSA) is 40.5 Å². The van der Waals surface area contributed by atoms with E-state index in [2.05, 4.69) is 17.0 Å². The van der Waals surface area contributed by atoms with Crippen molar-refractivity contribution in [1.29, 1.82) is 0 Å². The molecule has 164 valence electrons. The minimum atomic E-state index is -0.625. The van der Waals surface area contributed by atoms with Gasteiger partial charge in [0.25, 0.3) is 0 Å². The summed E-state index contributed by atoms with van der Waals surface area (Å²) in [6.07, 6.45) is 2.32. The zero-order valence-electron chi connectivity index (χ0n) is 18.1. The molecule has 1 N–H and O–H groups in total. The third kappa shape index (κ3) is 4.52. The predicted molar refractivity (Wildman–Crippen MR) is 124 cm³/mol. The fraction of sp³-hybridized carbons (Fsp3) is 0.321. The van der Waals surface area contributed by atoms with E-state index in [0.717, 1.165) is 37.1 Å². The Kier molecular flexibility index (Phi) is 5.66. The number of Topliss-reactive ketones (excluding diaryl/α,β-unsaturated/α-hetero) is 1. The molecular weight excluding hydrogens is 401 g/mol. The molecule has 0 amide bonds. The molecule has 1 aliphatic carbocycles. The lowest BCUT2D eigenvalue weighted by molar-refractivity contribution is 0.0355. The van der Waals surface area contributed by atoms with Crippen molar-refractivity contribution in [2.75, 3.05) is 19.6 Å². The van der Waals surface area contributed by atoms with Crippen LogP contribution in [0.15, 0.2) is 78.9 Å². The van der Waals surface area contributed by atoms with Crippen molar-refractivity contribution in [3.8, 4) is 11.1 Å². The quantitative estimate of drug-likeness (QED) is 0.561. The van der Waals surface area contributed by atoms with Gasteiger partial charge in [-0.1, -0.05) is 66.7 Å². The van der Waals surface area contributed by atoms with Gasteiger partial charge in [-0.25, -0.2) is 4.39 Å². The number of hydrogen-bond acceptors (Lipinski definition) is 3. The molecule has 0 bridgehead atoms. The maximum atomic E-state index is 13.5. The Morgan fingerprint density at radius 1 is 0.906 bits per heavy atom. The second kappa shape index (κ2) is 8.61. The monoisotopic (exact) mass is 429 g/mol. The number of fused-ring (bicyclic) bond motifs is 1. The second-order valence-corrected chi connectivity index (χ2v) is 9.52. The van der Waals surface area contributed by atoms with Crippen LogP contribution in [-0.2, 0) is 6.42 Å². The van der Waals surface area contributed by atoms with Crippen LogP contribution >= 0.6 is 0 Å². The molecule has 4 heteroatoms. The maximum absolute atomic E-state index is 13.5. The second-order valence-electron chi connectivity index (χ2n) is 9.52. The Hall–Kier alpha value is -2.82. The van der Waals surface area contributed by atoms with Gasteiger partial charge in [-0.2, -0.15) is 0 Å². The van der Waals surface area contributed by atoms with E-state index in [-0.39, 0.29) is 11.6 Å². The first-order chi connectivity index (χ1) is 15.5. The van der Waals surface area contributed by atoms with Gasteiger partial charge in [-0.3, -0.25) is 9.69 Å². The summed E-state index contributed by atoms with van der Waals surface area (Å²) in [5.74, 6) is 0.743. The Bertz CT molecular complexity index is 1080. The summed E-state index contributed by atoms with van der Waals surface area (Å²) >= 11 is 0. The van der Waals surface area contributed by atoms with E-state index in [1.54, 1.807) is 6.07 Å². The zero-order chi connectivity index (χ0) is 22.1. The first-order valence-corrected chi connectivity index (χ1v) is 11.4. The lowest BCUT2D eigenvalue weighted by Gasteiger charge is -2.26. The highest BCUT2D eigenvalue weighted by Gasteiger charge is 2.48. The molecule has 2 unspecified atom stereocenters. The number of carbonyl (C=O) groups excluding carboxylic acids is 1. The summed E-state index contributed by atoms with van der Waals surface area (Å²) in [6.45, 7) is 2.15. The van der Waals surface area contributed by atoms with Crippen LogP contribution in [0.1, 0.15) is 28.8 Å². The molecule has 1 saturated heterocycles. The van der Waals surface area contributed by atoms with Crippen molar-refractivity contribution in [2.24, 2.45) is 11.8 Å². The average Bonchev–Trinajstić information content (AvgIpc) is 3.28. The molecule has 1 saturated carbocycles. The molecule has 2 atom stereocenters. The van der Waals surface area contributed by atoms with Crippen molar-refractivity contribution in [3.63, 3.8) is 0 Å². The summed E-state index contributed by atoms with van der Waals surface area (Å²) in [4.78, 5) is 15.1. The summed E-state index contributed by atoms with van der Waals surface area (Å²) in [5.41, 5.74) is 2.94. The standard InChI is InChI=1S/C28H28FNO2/c29-26-8-4-7-23(13-26)21-9-11-22(12-10-21)27(31)19-30-17-24-15-28(32,16-25(24)18-30)14-20-5-2-1-3-6-20/h1-13,24-25,32H,14-19H2. The van der Waals surface area contributed by atoms with Gasteiger partial charge in [-0.05, 0) is 53.5 Å². The summed E-state index contributed by atoms with van der Waals surface area (Å²) in [7, 11) is 0. The van der Waals surface area contributed by atoms with Crippen LogP contribution in [0.25, 0.3) is 11.1 Å². The third-order valence-corrected chi connectivity index (χ3v) is 7.04. The van der Waals surface area contributed by atoms with E-state index >= 15 is 0 Å². The maximum Gasteiger partial charge on any atom is 0.176 e. The Balaban J connectivity index is 1.17. The third-order valence-electron chi connectivity index (χ3n) is 7.04. The van der Waals surface area contributed by atoms with Crippen molar-refractivity contribution >= 4 is 5.78 Å². The average molecular weight is 430 g/mol. The SMILES string of the molecule is O=C(CN1CC2CC(O)(Cc3ccccc3)CC2C1)c1ccc(-c2cccc(F)c2)cc1. The van der Waals surface area contributed by atoms with E-state index in [4.69, 9.17) is 0 Å². The highest BCUT2D eigenvalue weighted by atomic mass is 19.1. The molecule has 5 rings (SSSR count). The normalized spacial score (nSPS) is 25.1. The van der Waals surface area contributed by atoms with Crippen molar-refractivity contribution in [2.45, 2.75) is 24.9 Å². The van der Waals surface area contributed by atoms with Crippen LogP contribution in [-0.4, -0.2) is 41.0 Å². The smallest absolute Gasteiger partial charge is 0.176 e. The zero-order valence-corrected chi connectivity index (χ0v) is 18.1. The van der Waals surface area contributed by atoms with Gasteiger partial charge in [0.1, 0.15) is 5.82 Å². The van der Waals surface area contributed by atoms with Crippen LogP contribution in [0, 0.1) is 17.7 Å². The summed E-state index contributed by atoms with van der Waals surface area (Å²) in [5, 5.41) is 11.1. The van der Waals surface area contributed by atoms with Gasteiger partial charge >= 0.3 is 0 Å². The molecule has 32 heavy (non-hydrogen) atoms. The van der Waals surface area contributed by atoms with Gasteiger partial charge in [0.05, 0.1) is 12.1 Å². The number of nitrogens with zero attached hydrogens (tertiary/aromatic N) is 1. The molecule has 3 nitrogen and oxygen atoms in total. The van der Waals surface area contributed by atoms with Gasteiger partial charge in [-0.15, -0.1) is 0 Å². The minimum Gasteiger partial charge on any atom is -0.390 e. The van der Waals surface area contributed by atoms with E-state index in [9.17, 15) is 14.3 Å². The number of benzene rings is 3. The number of carbonyl (C=O) groups is 1. The highest BCUT2D eigenvalue weighted by molar-refractivity contribution is 5.98. The molecule has 0 aromatic heterocycles. The number of halogens is 1. The number of rotatable bonds is 6.